The first-order chi connectivity index (χ1) is 14.4. The summed E-state index contributed by atoms with van der Waals surface area (Å²) in [6.45, 7) is 9.24. The van der Waals surface area contributed by atoms with Gasteiger partial charge >= 0.3 is 0 Å². The molecule has 0 bridgehead atoms. The predicted octanol–water partition coefficient (Wildman–Crippen LogP) is 5.21. The number of nitrogens with one attached hydrogen (secondary N) is 1. The lowest BCUT2D eigenvalue weighted by Gasteiger charge is -2.28. The normalized spacial score (nSPS) is 19.1. The summed E-state index contributed by atoms with van der Waals surface area (Å²) in [6.07, 6.45) is 6.19. The maximum absolute atomic E-state index is 5.79. The van der Waals surface area contributed by atoms with Crippen molar-refractivity contribution in [3.8, 4) is 5.75 Å². The van der Waals surface area contributed by atoms with Crippen molar-refractivity contribution in [1.29, 1.82) is 0 Å². The maximum atomic E-state index is 5.79. The molecule has 2 atom stereocenters. The van der Waals surface area contributed by atoms with Crippen LogP contribution in [0.25, 0.3) is 0 Å². The molecule has 1 aromatic carbocycles. The highest BCUT2D eigenvalue weighted by Gasteiger charge is 2.41. The zero-order valence-corrected chi connectivity index (χ0v) is 18.7. The Labute approximate surface area is 183 Å². The van der Waals surface area contributed by atoms with E-state index in [1.807, 2.05) is 37.4 Å². The fourth-order valence-electron chi connectivity index (χ4n) is 3.85. The number of hydrogen-bond donors (Lipinski definition) is 1. The Hall–Kier alpha value is -2.86. The van der Waals surface area contributed by atoms with Gasteiger partial charge in [-0.15, -0.1) is 0 Å². The van der Waals surface area contributed by atoms with E-state index in [1.54, 1.807) is 0 Å². The SMILES string of the molecule is CCOc1ccc(N2C(=S)N[C@H](c3ccccn3)[C@@H]2c2ccn(C(C)(C)C)c2)cc1. The van der Waals surface area contributed by atoms with Crippen LogP contribution in [0.15, 0.2) is 67.1 Å². The lowest BCUT2D eigenvalue weighted by molar-refractivity contribution is 0.340. The summed E-state index contributed by atoms with van der Waals surface area (Å²) in [4.78, 5) is 6.80. The van der Waals surface area contributed by atoms with Crippen molar-refractivity contribution in [3.63, 3.8) is 0 Å². The summed E-state index contributed by atoms with van der Waals surface area (Å²) >= 11 is 5.79. The van der Waals surface area contributed by atoms with E-state index >= 15 is 0 Å². The molecule has 30 heavy (non-hydrogen) atoms. The van der Waals surface area contributed by atoms with Crippen LogP contribution in [-0.4, -0.2) is 21.3 Å². The first-order valence-electron chi connectivity index (χ1n) is 10.3. The van der Waals surface area contributed by atoms with E-state index < -0.39 is 0 Å². The van der Waals surface area contributed by atoms with Crippen LogP contribution in [0.4, 0.5) is 5.69 Å². The third-order valence-corrected chi connectivity index (χ3v) is 5.67. The summed E-state index contributed by atoms with van der Waals surface area (Å²) in [7, 11) is 0. The molecule has 6 heteroatoms. The first-order valence-corrected chi connectivity index (χ1v) is 10.7. The summed E-state index contributed by atoms with van der Waals surface area (Å²) in [5.74, 6) is 0.857. The molecule has 3 aromatic rings. The number of aromatic nitrogens is 2. The zero-order chi connectivity index (χ0) is 21.3. The number of anilines is 1. The number of ether oxygens (including phenoxy) is 1. The molecular weight excluding hydrogens is 392 g/mol. The molecule has 2 aromatic heterocycles. The average Bonchev–Trinajstić information content (AvgIpc) is 3.34. The zero-order valence-electron chi connectivity index (χ0n) is 17.9. The Kier molecular flexibility index (Phi) is 5.52. The van der Waals surface area contributed by atoms with Gasteiger partial charge in [0.2, 0.25) is 0 Å². The van der Waals surface area contributed by atoms with Crippen molar-refractivity contribution in [2.24, 2.45) is 0 Å². The van der Waals surface area contributed by atoms with Crippen LogP contribution < -0.4 is 15.0 Å². The van der Waals surface area contributed by atoms with Crippen molar-refractivity contribution in [1.82, 2.24) is 14.9 Å². The van der Waals surface area contributed by atoms with Gasteiger partial charge in [-0.2, -0.15) is 0 Å². The van der Waals surface area contributed by atoms with E-state index in [9.17, 15) is 0 Å². The van der Waals surface area contributed by atoms with Crippen molar-refractivity contribution < 1.29 is 4.74 Å². The van der Waals surface area contributed by atoms with Crippen LogP contribution in [0.2, 0.25) is 0 Å². The van der Waals surface area contributed by atoms with E-state index in [1.165, 1.54) is 5.56 Å². The minimum atomic E-state index is -0.0407. The number of benzene rings is 1. The van der Waals surface area contributed by atoms with Gasteiger partial charge in [0, 0.05) is 29.8 Å². The van der Waals surface area contributed by atoms with E-state index in [2.05, 4.69) is 77.2 Å². The summed E-state index contributed by atoms with van der Waals surface area (Å²) < 4.78 is 7.86. The molecule has 0 amide bonds. The molecule has 1 N–H and O–H groups in total. The second kappa shape index (κ2) is 8.11. The quantitative estimate of drug-likeness (QED) is 0.574. The van der Waals surface area contributed by atoms with Gasteiger partial charge in [0.1, 0.15) is 5.75 Å². The Morgan fingerprint density at radius 3 is 2.47 bits per heavy atom. The molecule has 1 aliphatic rings. The van der Waals surface area contributed by atoms with E-state index in [0.29, 0.717) is 11.7 Å². The smallest absolute Gasteiger partial charge is 0.174 e. The highest BCUT2D eigenvalue weighted by atomic mass is 32.1. The van der Waals surface area contributed by atoms with Crippen molar-refractivity contribution >= 4 is 23.0 Å². The molecule has 0 unspecified atom stereocenters. The number of hydrogen-bond acceptors (Lipinski definition) is 3. The second-order valence-electron chi connectivity index (χ2n) is 8.45. The second-order valence-corrected chi connectivity index (χ2v) is 8.83. The van der Waals surface area contributed by atoms with E-state index in [4.69, 9.17) is 17.0 Å². The third-order valence-electron chi connectivity index (χ3n) is 5.36. The lowest BCUT2D eigenvalue weighted by Crippen LogP contribution is -2.29. The van der Waals surface area contributed by atoms with Crippen LogP contribution in [-0.2, 0) is 5.54 Å². The molecule has 1 saturated heterocycles. The van der Waals surface area contributed by atoms with Gasteiger partial charge in [-0.05, 0) is 87.9 Å². The van der Waals surface area contributed by atoms with Crippen LogP contribution in [0, 0.1) is 0 Å². The van der Waals surface area contributed by atoms with Gasteiger partial charge in [-0.3, -0.25) is 4.98 Å². The van der Waals surface area contributed by atoms with Gasteiger partial charge < -0.3 is 19.5 Å². The largest absolute Gasteiger partial charge is 0.494 e. The first kappa shape index (κ1) is 20.4. The molecular formula is C24H28N4OS. The summed E-state index contributed by atoms with van der Waals surface area (Å²) in [6, 6.07) is 16.3. The Morgan fingerprint density at radius 1 is 1.10 bits per heavy atom. The monoisotopic (exact) mass is 420 g/mol. The third kappa shape index (κ3) is 3.92. The molecule has 1 fully saturated rings. The Morgan fingerprint density at radius 2 is 1.87 bits per heavy atom. The average molecular weight is 421 g/mol. The van der Waals surface area contributed by atoms with E-state index in [0.717, 1.165) is 17.1 Å². The van der Waals surface area contributed by atoms with Crippen molar-refractivity contribution in [2.75, 3.05) is 11.5 Å². The van der Waals surface area contributed by atoms with Crippen molar-refractivity contribution in [3.05, 3.63) is 78.4 Å². The summed E-state index contributed by atoms with van der Waals surface area (Å²) in [5.41, 5.74) is 3.21. The fraction of sp³-hybridized carbons (Fsp3) is 0.333. The standard InChI is InChI=1S/C24H28N4OS/c1-5-29-19-11-9-18(10-12-19)28-22(17-13-15-27(16-17)24(2,3)4)21(26-23(28)30)20-8-6-7-14-25-20/h6-16,21-22H,5H2,1-4H3,(H,26,30)/t21-,22+/m1/s1. The molecule has 3 heterocycles. The molecule has 0 saturated carbocycles. The topological polar surface area (TPSA) is 42.3 Å². The highest BCUT2D eigenvalue weighted by Crippen LogP contribution is 2.42. The lowest BCUT2D eigenvalue weighted by atomic mass is 9.98. The number of pyridine rings is 1. The van der Waals surface area contributed by atoms with Gasteiger partial charge in [0.25, 0.3) is 0 Å². The van der Waals surface area contributed by atoms with E-state index in [-0.39, 0.29) is 17.6 Å². The molecule has 0 spiro atoms. The molecule has 4 rings (SSSR count). The van der Waals surface area contributed by atoms with Gasteiger partial charge in [0.05, 0.1) is 24.4 Å². The fourth-order valence-corrected chi connectivity index (χ4v) is 4.19. The van der Waals surface area contributed by atoms with Gasteiger partial charge in [0.15, 0.2) is 5.11 Å². The Balaban J connectivity index is 1.77. The molecule has 0 radical (unpaired) electrons. The number of rotatable bonds is 5. The number of thiocarbonyl (C=S) groups is 1. The minimum absolute atomic E-state index is 0.00561. The molecule has 1 aliphatic heterocycles. The molecule has 0 aliphatic carbocycles. The van der Waals surface area contributed by atoms with Crippen molar-refractivity contribution in [2.45, 2.75) is 45.3 Å². The van der Waals surface area contributed by atoms with Crippen LogP contribution in [0.1, 0.15) is 51.0 Å². The highest BCUT2D eigenvalue weighted by molar-refractivity contribution is 7.80. The number of nitrogens with zero attached hydrogens (tertiary/aromatic N) is 3. The van der Waals surface area contributed by atoms with Crippen LogP contribution in [0.5, 0.6) is 5.75 Å². The van der Waals surface area contributed by atoms with Gasteiger partial charge in [-0.1, -0.05) is 6.07 Å². The Bertz CT molecular complexity index is 1010. The molecule has 156 valence electrons. The molecule has 5 nitrogen and oxygen atoms in total. The van der Waals surface area contributed by atoms with Crippen LogP contribution in [0.3, 0.4) is 0 Å². The predicted molar refractivity (Wildman–Crippen MR) is 125 cm³/mol. The summed E-state index contributed by atoms with van der Waals surface area (Å²) in [5, 5.41) is 4.21. The van der Waals surface area contributed by atoms with Gasteiger partial charge in [-0.25, -0.2) is 0 Å². The minimum Gasteiger partial charge on any atom is -0.494 e. The van der Waals surface area contributed by atoms with Crippen LogP contribution >= 0.6 is 12.2 Å². The maximum Gasteiger partial charge on any atom is 0.174 e.